The number of carbonyl (C=O) groups excluding carboxylic acids is 1. The zero-order valence-electron chi connectivity index (χ0n) is 21.1. The zero-order valence-corrected chi connectivity index (χ0v) is 21.1. The third kappa shape index (κ3) is 4.48. The Balaban J connectivity index is 1.29. The molecule has 0 heterocycles. The Bertz CT molecular complexity index is 1310. The molecule has 37 heavy (non-hydrogen) atoms. The summed E-state index contributed by atoms with van der Waals surface area (Å²) in [5.74, 6) is -3.96. The average molecular weight is 504 g/mol. The number of aliphatic hydroxyl groups is 3. The van der Waals surface area contributed by atoms with Crippen LogP contribution in [-0.2, 0) is 17.0 Å². The molecule has 2 aromatic carbocycles. The first-order valence-electron chi connectivity index (χ1n) is 13.0. The standard InChI is InChI=1S/C31H34FNO4/c1-29-19-23-9-8-22(20-10-12-26(32)13-11-20)17-24(23)18-25(29)14-16-30(29,35)15-4-6-21-5-2-3-7-27(21)31(36,37)28(33)34/h2-3,5,7-13,18,22,35-37H,4,6,14-17,19H2,1H3,(H2,33,34). The van der Waals surface area contributed by atoms with Gasteiger partial charge in [0, 0.05) is 16.9 Å². The van der Waals surface area contributed by atoms with E-state index >= 15 is 0 Å². The Labute approximate surface area is 216 Å². The predicted molar refractivity (Wildman–Crippen MR) is 140 cm³/mol. The van der Waals surface area contributed by atoms with Crippen molar-refractivity contribution < 1.29 is 24.5 Å². The number of amides is 1. The largest absolute Gasteiger partial charge is 0.389 e. The summed E-state index contributed by atoms with van der Waals surface area (Å²) in [6, 6.07) is 13.4. The molecule has 1 fully saturated rings. The van der Waals surface area contributed by atoms with Crippen LogP contribution in [0.3, 0.4) is 0 Å². The summed E-state index contributed by atoms with van der Waals surface area (Å²) >= 11 is 0. The van der Waals surface area contributed by atoms with Gasteiger partial charge in [0.1, 0.15) is 5.82 Å². The van der Waals surface area contributed by atoms with Crippen molar-refractivity contribution in [3.8, 4) is 0 Å². The molecule has 0 aromatic heterocycles. The van der Waals surface area contributed by atoms with Crippen molar-refractivity contribution >= 4 is 5.91 Å². The molecule has 0 bridgehead atoms. The van der Waals surface area contributed by atoms with E-state index < -0.39 is 17.3 Å². The van der Waals surface area contributed by atoms with Crippen LogP contribution < -0.4 is 5.73 Å². The van der Waals surface area contributed by atoms with E-state index in [0.717, 1.165) is 24.8 Å². The Hall–Kier alpha value is -3.06. The van der Waals surface area contributed by atoms with Crippen molar-refractivity contribution in [2.45, 2.75) is 69.2 Å². The fraction of sp³-hybridized carbons (Fsp3) is 0.387. The number of carbonyl (C=O) groups is 1. The highest BCUT2D eigenvalue weighted by Crippen LogP contribution is 2.59. The first kappa shape index (κ1) is 25.6. The van der Waals surface area contributed by atoms with Crippen LogP contribution in [0.1, 0.15) is 68.1 Å². The van der Waals surface area contributed by atoms with Crippen molar-refractivity contribution in [3.63, 3.8) is 0 Å². The van der Waals surface area contributed by atoms with Gasteiger partial charge in [0.05, 0.1) is 5.60 Å². The molecule has 3 unspecified atom stereocenters. The molecule has 5 nitrogen and oxygen atoms in total. The second-order valence-electron chi connectivity index (χ2n) is 11.0. The maximum absolute atomic E-state index is 13.4. The molecule has 1 amide bonds. The molecule has 2 aromatic rings. The SMILES string of the molecule is CC12CC3=C(C=C1CCC2(O)CCCc1ccccc1C(O)(O)C(N)=O)CC(c1ccc(F)cc1)C=C3. The number of benzene rings is 2. The van der Waals surface area contributed by atoms with Gasteiger partial charge in [-0.1, -0.05) is 67.1 Å². The van der Waals surface area contributed by atoms with Gasteiger partial charge in [-0.25, -0.2) is 4.39 Å². The Morgan fingerprint density at radius 1 is 1.14 bits per heavy atom. The number of rotatable bonds is 7. The van der Waals surface area contributed by atoms with Gasteiger partial charge in [0.15, 0.2) is 0 Å². The minimum absolute atomic E-state index is 0.0863. The van der Waals surface area contributed by atoms with Crippen LogP contribution in [0.15, 0.2) is 83.5 Å². The summed E-state index contributed by atoms with van der Waals surface area (Å²) in [4.78, 5) is 11.6. The summed E-state index contributed by atoms with van der Waals surface area (Å²) in [5, 5.41) is 32.3. The molecule has 0 saturated heterocycles. The summed E-state index contributed by atoms with van der Waals surface area (Å²) in [6.45, 7) is 2.16. The van der Waals surface area contributed by atoms with E-state index in [4.69, 9.17) is 5.73 Å². The number of aryl methyl sites for hydroxylation is 1. The zero-order chi connectivity index (χ0) is 26.4. The van der Waals surface area contributed by atoms with Crippen LogP contribution in [0.25, 0.3) is 0 Å². The fourth-order valence-electron chi connectivity index (χ4n) is 6.51. The molecular weight excluding hydrogens is 469 g/mol. The summed E-state index contributed by atoms with van der Waals surface area (Å²) < 4.78 is 13.4. The number of hydrogen-bond acceptors (Lipinski definition) is 4. The minimum atomic E-state index is -2.73. The maximum atomic E-state index is 13.4. The first-order chi connectivity index (χ1) is 17.5. The molecule has 5 rings (SSSR count). The summed E-state index contributed by atoms with van der Waals surface area (Å²) in [6.07, 6.45) is 11.5. The lowest BCUT2D eigenvalue weighted by molar-refractivity contribution is -0.186. The molecule has 3 atom stereocenters. The highest BCUT2D eigenvalue weighted by Gasteiger charge is 2.54. The topological polar surface area (TPSA) is 104 Å². The summed E-state index contributed by atoms with van der Waals surface area (Å²) in [5.41, 5.74) is 9.60. The normalized spacial score (nSPS) is 27.1. The number of nitrogens with two attached hydrogens (primary N) is 1. The molecule has 194 valence electrons. The van der Waals surface area contributed by atoms with E-state index in [-0.39, 0.29) is 22.7 Å². The van der Waals surface area contributed by atoms with E-state index in [1.54, 1.807) is 18.2 Å². The quantitative estimate of drug-likeness (QED) is 0.412. The Kier molecular flexibility index (Phi) is 6.47. The molecule has 0 aliphatic heterocycles. The van der Waals surface area contributed by atoms with Gasteiger partial charge in [0.2, 0.25) is 0 Å². The second kappa shape index (κ2) is 9.35. The average Bonchev–Trinajstić information content (AvgIpc) is 3.12. The van der Waals surface area contributed by atoms with Gasteiger partial charge in [-0.05, 0) is 79.4 Å². The van der Waals surface area contributed by atoms with Gasteiger partial charge in [-0.3, -0.25) is 4.79 Å². The Morgan fingerprint density at radius 3 is 2.59 bits per heavy atom. The number of primary amides is 1. The maximum Gasteiger partial charge on any atom is 0.282 e. The van der Waals surface area contributed by atoms with Crippen LogP contribution >= 0.6 is 0 Å². The lowest BCUT2D eigenvalue weighted by atomic mass is 9.63. The fourth-order valence-corrected chi connectivity index (χ4v) is 6.51. The predicted octanol–water partition coefficient (Wildman–Crippen LogP) is 4.67. The third-order valence-corrected chi connectivity index (χ3v) is 8.89. The van der Waals surface area contributed by atoms with Crippen LogP contribution in [0.4, 0.5) is 4.39 Å². The van der Waals surface area contributed by atoms with E-state index in [0.29, 0.717) is 31.2 Å². The second-order valence-corrected chi connectivity index (χ2v) is 11.0. The van der Waals surface area contributed by atoms with Crippen molar-refractivity contribution in [3.05, 3.63) is 106 Å². The van der Waals surface area contributed by atoms with Crippen molar-refractivity contribution in [1.29, 1.82) is 0 Å². The molecular formula is C31H34FNO4. The van der Waals surface area contributed by atoms with Crippen LogP contribution in [0.2, 0.25) is 0 Å². The molecule has 1 saturated carbocycles. The van der Waals surface area contributed by atoms with E-state index in [1.165, 1.54) is 34.9 Å². The molecule has 6 heteroatoms. The Morgan fingerprint density at radius 2 is 1.86 bits per heavy atom. The van der Waals surface area contributed by atoms with Gasteiger partial charge >= 0.3 is 0 Å². The lowest BCUT2D eigenvalue weighted by Crippen LogP contribution is -2.44. The monoisotopic (exact) mass is 503 g/mol. The van der Waals surface area contributed by atoms with Crippen molar-refractivity contribution in [2.24, 2.45) is 11.1 Å². The highest BCUT2D eigenvalue weighted by molar-refractivity contribution is 5.83. The third-order valence-electron chi connectivity index (χ3n) is 8.89. The van der Waals surface area contributed by atoms with Gasteiger partial charge < -0.3 is 21.1 Å². The highest BCUT2D eigenvalue weighted by atomic mass is 19.1. The van der Waals surface area contributed by atoms with E-state index in [1.807, 2.05) is 12.1 Å². The number of halogens is 1. The van der Waals surface area contributed by atoms with Gasteiger partial charge in [0.25, 0.3) is 11.7 Å². The number of fused-ring (bicyclic) bond motifs is 1. The summed E-state index contributed by atoms with van der Waals surface area (Å²) in [7, 11) is 0. The molecule has 0 radical (unpaired) electrons. The van der Waals surface area contributed by atoms with Gasteiger partial charge in [-0.2, -0.15) is 0 Å². The van der Waals surface area contributed by atoms with Crippen LogP contribution in [-0.4, -0.2) is 26.8 Å². The van der Waals surface area contributed by atoms with Gasteiger partial charge in [-0.15, -0.1) is 0 Å². The number of hydrogen-bond donors (Lipinski definition) is 4. The smallest absolute Gasteiger partial charge is 0.282 e. The van der Waals surface area contributed by atoms with Crippen molar-refractivity contribution in [1.82, 2.24) is 0 Å². The molecule has 3 aliphatic carbocycles. The lowest BCUT2D eigenvalue weighted by Gasteiger charge is -2.44. The van der Waals surface area contributed by atoms with Crippen molar-refractivity contribution in [2.75, 3.05) is 0 Å². The first-order valence-corrected chi connectivity index (χ1v) is 13.0. The molecule has 5 N–H and O–H groups in total. The van der Waals surface area contributed by atoms with Crippen LogP contribution in [0, 0.1) is 11.2 Å². The number of allylic oxidation sites excluding steroid dienone is 5. The minimum Gasteiger partial charge on any atom is -0.389 e. The van der Waals surface area contributed by atoms with E-state index in [9.17, 15) is 24.5 Å². The molecule has 0 spiro atoms. The van der Waals surface area contributed by atoms with Crippen LogP contribution in [0.5, 0.6) is 0 Å². The molecule has 3 aliphatic rings. The van der Waals surface area contributed by atoms with E-state index in [2.05, 4.69) is 25.2 Å².